The van der Waals surface area contributed by atoms with E-state index in [1.54, 1.807) is 12.1 Å². The van der Waals surface area contributed by atoms with Crippen molar-refractivity contribution in [3.05, 3.63) is 120 Å². The predicted molar refractivity (Wildman–Crippen MR) is 123 cm³/mol. The lowest BCUT2D eigenvalue weighted by molar-refractivity contribution is -0.597. The highest BCUT2D eigenvalue weighted by atomic mass is 127. The van der Waals surface area contributed by atoms with Gasteiger partial charge in [0.15, 0.2) is 7.14 Å². The van der Waals surface area contributed by atoms with E-state index < -0.39 is 10.1 Å². The second-order valence-corrected chi connectivity index (χ2v) is 11.6. The van der Waals surface area contributed by atoms with Gasteiger partial charge in [0.2, 0.25) is 5.43 Å². The lowest BCUT2D eigenvalue weighted by atomic mass is 10.1. The van der Waals surface area contributed by atoms with E-state index in [4.69, 9.17) is 4.42 Å². The van der Waals surface area contributed by atoms with Crippen LogP contribution in [0.15, 0.2) is 111 Å². The van der Waals surface area contributed by atoms with Gasteiger partial charge in [-0.05, 0) is 55.5 Å². The molecule has 1 heterocycles. The first-order valence-electron chi connectivity index (χ1n) is 9.99. The molecule has 0 aliphatic rings. The molecule has 0 fully saturated rings. The van der Waals surface area contributed by atoms with Crippen LogP contribution in [0.25, 0.3) is 21.9 Å². The molecule has 0 radical (unpaired) electrons. The van der Waals surface area contributed by atoms with E-state index in [2.05, 4.69) is 30.3 Å². The van der Waals surface area contributed by atoms with Gasteiger partial charge in [-0.15, -0.1) is 0 Å². The molecule has 5 aromatic rings. The van der Waals surface area contributed by atoms with Crippen LogP contribution < -0.4 is 26.6 Å². The van der Waals surface area contributed by atoms with Gasteiger partial charge in [-0.2, -0.15) is 0 Å². The van der Waals surface area contributed by atoms with E-state index in [1.807, 2.05) is 49.4 Å². The van der Waals surface area contributed by atoms with Crippen molar-refractivity contribution in [2.45, 2.75) is 11.8 Å². The van der Waals surface area contributed by atoms with Crippen molar-refractivity contribution in [2.24, 2.45) is 0 Å². The SMILES string of the molecule is Cc1ccc(S(=O)(=O)[O-])cc1.O=c1c2ccccc2oc2ccc([I+]c3ccccc3)cc12. The van der Waals surface area contributed by atoms with Crippen LogP contribution in [-0.4, -0.2) is 13.0 Å². The molecule has 166 valence electrons. The van der Waals surface area contributed by atoms with E-state index in [0.29, 0.717) is 21.9 Å². The number of para-hydroxylation sites is 1. The minimum Gasteiger partial charge on any atom is -0.744 e. The highest BCUT2D eigenvalue weighted by Crippen LogP contribution is 2.17. The summed E-state index contributed by atoms with van der Waals surface area (Å²) in [5, 5.41) is 1.32. The molecule has 0 amide bonds. The van der Waals surface area contributed by atoms with E-state index >= 15 is 0 Å². The Morgan fingerprint density at radius 2 is 1.36 bits per heavy atom. The maximum Gasteiger partial charge on any atom is 0.357 e. The minimum absolute atomic E-state index is 0.0516. The van der Waals surface area contributed by atoms with Gasteiger partial charge in [-0.25, -0.2) is 8.42 Å². The molecular weight excluding hydrogens is 551 g/mol. The van der Waals surface area contributed by atoms with Crippen LogP contribution in [0.1, 0.15) is 5.56 Å². The van der Waals surface area contributed by atoms with Crippen LogP contribution in [-0.2, 0) is 10.1 Å². The van der Waals surface area contributed by atoms with Gasteiger partial charge < -0.3 is 8.97 Å². The van der Waals surface area contributed by atoms with Gasteiger partial charge in [0.25, 0.3) is 0 Å². The van der Waals surface area contributed by atoms with Crippen molar-refractivity contribution < 1.29 is 38.6 Å². The molecule has 4 aromatic carbocycles. The van der Waals surface area contributed by atoms with Crippen molar-refractivity contribution in [3.63, 3.8) is 0 Å². The molecule has 0 aliphatic carbocycles. The van der Waals surface area contributed by atoms with Gasteiger partial charge in [-0.1, -0.05) is 48.0 Å². The van der Waals surface area contributed by atoms with Gasteiger partial charge in [-0.3, -0.25) is 4.79 Å². The van der Waals surface area contributed by atoms with Crippen molar-refractivity contribution in [3.8, 4) is 0 Å². The fraction of sp³-hybridized carbons (Fsp3) is 0.0385. The molecular formula is C26H19IO5S. The zero-order chi connectivity index (χ0) is 23.4. The highest BCUT2D eigenvalue weighted by Gasteiger charge is 2.17. The van der Waals surface area contributed by atoms with Crippen molar-refractivity contribution in [1.29, 1.82) is 0 Å². The quantitative estimate of drug-likeness (QED) is 0.188. The van der Waals surface area contributed by atoms with Crippen LogP contribution in [0.3, 0.4) is 0 Å². The minimum atomic E-state index is -4.27. The molecule has 0 atom stereocenters. The molecule has 33 heavy (non-hydrogen) atoms. The summed E-state index contributed by atoms with van der Waals surface area (Å²) in [6.07, 6.45) is 0. The first-order valence-corrected chi connectivity index (χ1v) is 13.6. The van der Waals surface area contributed by atoms with Crippen LogP contribution in [0.2, 0.25) is 0 Å². The summed E-state index contributed by atoms with van der Waals surface area (Å²) >= 11 is -0.284. The van der Waals surface area contributed by atoms with E-state index in [0.717, 1.165) is 5.56 Å². The molecule has 7 heteroatoms. The summed E-state index contributed by atoms with van der Waals surface area (Å²) in [5.74, 6) is 0. The molecule has 0 bridgehead atoms. The monoisotopic (exact) mass is 570 g/mol. The second kappa shape index (κ2) is 9.86. The van der Waals surface area contributed by atoms with Crippen LogP contribution >= 0.6 is 0 Å². The largest absolute Gasteiger partial charge is 0.744 e. The molecule has 0 spiro atoms. The fourth-order valence-corrected chi connectivity index (χ4v) is 5.93. The van der Waals surface area contributed by atoms with Crippen molar-refractivity contribution in [2.75, 3.05) is 0 Å². The zero-order valence-electron chi connectivity index (χ0n) is 17.6. The van der Waals surface area contributed by atoms with E-state index in [1.165, 1.54) is 19.3 Å². The Morgan fingerprint density at radius 3 is 2.06 bits per heavy atom. The Kier molecular flexibility index (Phi) is 6.92. The second-order valence-electron chi connectivity index (χ2n) is 7.23. The highest BCUT2D eigenvalue weighted by molar-refractivity contribution is 7.85. The van der Waals surface area contributed by atoms with Crippen molar-refractivity contribution in [1.82, 2.24) is 0 Å². The smallest absolute Gasteiger partial charge is 0.357 e. The predicted octanol–water partition coefficient (Wildman–Crippen LogP) is 1.97. The Morgan fingerprint density at radius 1 is 0.727 bits per heavy atom. The maximum absolute atomic E-state index is 12.6. The van der Waals surface area contributed by atoms with Gasteiger partial charge in [0, 0.05) is 6.07 Å². The maximum atomic E-state index is 12.6. The third-order valence-electron chi connectivity index (χ3n) is 4.80. The zero-order valence-corrected chi connectivity index (χ0v) is 20.5. The Balaban J connectivity index is 0.000000200. The average Bonchev–Trinajstić information content (AvgIpc) is 2.81. The van der Waals surface area contributed by atoms with Gasteiger partial charge >= 0.3 is 21.2 Å². The number of halogens is 1. The number of benzene rings is 4. The van der Waals surface area contributed by atoms with E-state index in [-0.39, 0.29) is 31.5 Å². The third-order valence-corrected chi connectivity index (χ3v) is 8.28. The first-order chi connectivity index (χ1) is 15.8. The third kappa shape index (κ3) is 5.68. The Hall–Kier alpha value is -3.01. The van der Waals surface area contributed by atoms with Gasteiger partial charge in [0.05, 0.1) is 15.7 Å². The first kappa shape index (κ1) is 23.2. The van der Waals surface area contributed by atoms with Crippen molar-refractivity contribution >= 4 is 32.1 Å². The summed E-state index contributed by atoms with van der Waals surface area (Å²) < 4.78 is 39.6. The lowest BCUT2D eigenvalue weighted by Gasteiger charge is -2.05. The number of rotatable bonds is 3. The van der Waals surface area contributed by atoms with Gasteiger partial charge in [0.1, 0.15) is 21.3 Å². The summed E-state index contributed by atoms with van der Waals surface area (Å²) in [7, 11) is -4.27. The lowest BCUT2D eigenvalue weighted by Crippen LogP contribution is -3.61. The van der Waals surface area contributed by atoms with Crippen LogP contribution in [0.5, 0.6) is 0 Å². The van der Waals surface area contributed by atoms with E-state index in [9.17, 15) is 17.8 Å². The van der Waals surface area contributed by atoms with Crippen LogP contribution in [0.4, 0.5) is 0 Å². The molecule has 5 rings (SSSR count). The summed E-state index contributed by atoms with van der Waals surface area (Å²) in [6, 6.07) is 29.6. The average molecular weight is 570 g/mol. The molecule has 1 aromatic heterocycles. The molecule has 5 nitrogen and oxygen atoms in total. The normalized spacial score (nSPS) is 11.2. The molecule has 0 aliphatic heterocycles. The molecule has 0 unspecified atom stereocenters. The number of hydrogen-bond donors (Lipinski definition) is 0. The topological polar surface area (TPSA) is 87.4 Å². The number of aryl methyl sites for hydroxylation is 1. The molecule has 0 saturated heterocycles. The summed E-state index contributed by atoms with van der Waals surface area (Å²) in [6.45, 7) is 1.82. The number of hydrogen-bond acceptors (Lipinski definition) is 5. The standard InChI is InChI=1S/C19H12IO2.C7H8O3S/c21-19-15-8-4-5-9-17(15)22-18-11-10-14(12-16(18)19)20-13-6-2-1-3-7-13;1-6-2-4-7(5-3-6)11(8,9)10/h1-12H;2-5H,1H3,(H,8,9,10)/q+1;/p-1. The molecule has 0 saturated carbocycles. The Bertz CT molecular complexity index is 1580. The number of fused-ring (bicyclic) bond motifs is 2. The summed E-state index contributed by atoms with van der Waals surface area (Å²) in [5.41, 5.74) is 2.28. The molecule has 0 N–H and O–H groups in total. The van der Waals surface area contributed by atoms with Crippen LogP contribution in [0, 0.1) is 14.1 Å². The fourth-order valence-electron chi connectivity index (χ4n) is 3.14. The Labute approximate surface area is 201 Å². The summed E-state index contributed by atoms with van der Waals surface area (Å²) in [4.78, 5) is 12.5.